The minimum absolute atomic E-state index is 0.0871. The van der Waals surface area contributed by atoms with Crippen molar-refractivity contribution in [2.45, 2.75) is 13.3 Å². The van der Waals surface area contributed by atoms with Gasteiger partial charge in [0.15, 0.2) is 0 Å². The summed E-state index contributed by atoms with van der Waals surface area (Å²) in [6, 6.07) is 11.9. The minimum Gasteiger partial charge on any atom is -0.478 e. The molecule has 0 saturated heterocycles. The Hall–Kier alpha value is -2.82. The van der Waals surface area contributed by atoms with Crippen LogP contribution in [0.1, 0.15) is 21.5 Å². The van der Waals surface area contributed by atoms with E-state index in [1.54, 1.807) is 0 Å². The van der Waals surface area contributed by atoms with E-state index in [4.69, 9.17) is 10.8 Å². The predicted molar refractivity (Wildman–Crippen MR) is 81.3 cm³/mol. The lowest BCUT2D eigenvalue weighted by molar-refractivity contribution is -0.115. The van der Waals surface area contributed by atoms with Gasteiger partial charge in [0.25, 0.3) is 0 Å². The molecule has 5 nitrogen and oxygen atoms in total. The van der Waals surface area contributed by atoms with Gasteiger partial charge in [-0.2, -0.15) is 0 Å². The number of hydrogen-bond donors (Lipinski definition) is 3. The molecule has 0 aliphatic carbocycles. The van der Waals surface area contributed by atoms with E-state index in [1.807, 2.05) is 31.2 Å². The van der Waals surface area contributed by atoms with E-state index >= 15 is 0 Å². The first-order valence-electron chi connectivity index (χ1n) is 6.44. The maximum Gasteiger partial charge on any atom is 0.335 e. The lowest BCUT2D eigenvalue weighted by Crippen LogP contribution is -2.15. The fourth-order valence-corrected chi connectivity index (χ4v) is 1.90. The quantitative estimate of drug-likeness (QED) is 0.752. The molecular weight excluding hydrogens is 268 g/mol. The zero-order valence-corrected chi connectivity index (χ0v) is 11.6. The van der Waals surface area contributed by atoms with E-state index in [9.17, 15) is 9.59 Å². The van der Waals surface area contributed by atoms with Crippen LogP contribution in [0, 0.1) is 6.92 Å². The summed E-state index contributed by atoms with van der Waals surface area (Å²) in [6.07, 6.45) is 0.237. The number of rotatable bonds is 4. The molecule has 0 bridgehead atoms. The van der Waals surface area contributed by atoms with Crippen LogP contribution in [0.2, 0.25) is 0 Å². The Morgan fingerprint density at radius 1 is 1.14 bits per heavy atom. The van der Waals surface area contributed by atoms with E-state index in [2.05, 4.69) is 5.32 Å². The lowest BCUT2D eigenvalue weighted by Gasteiger charge is -2.09. The molecule has 4 N–H and O–H groups in total. The summed E-state index contributed by atoms with van der Waals surface area (Å²) in [5.41, 5.74) is 8.51. The molecular formula is C16H16N2O3. The van der Waals surface area contributed by atoms with Crippen molar-refractivity contribution in [3.63, 3.8) is 0 Å². The first kappa shape index (κ1) is 14.6. The van der Waals surface area contributed by atoms with Crippen LogP contribution in [0.4, 0.5) is 11.4 Å². The third-order valence-electron chi connectivity index (χ3n) is 3.06. The van der Waals surface area contributed by atoms with Crippen molar-refractivity contribution >= 4 is 23.3 Å². The predicted octanol–water partition coefficient (Wildman–Crippen LogP) is 2.46. The van der Waals surface area contributed by atoms with Crippen molar-refractivity contribution in [1.82, 2.24) is 0 Å². The van der Waals surface area contributed by atoms with E-state index in [0.29, 0.717) is 5.69 Å². The Morgan fingerprint density at radius 2 is 1.81 bits per heavy atom. The van der Waals surface area contributed by atoms with Crippen LogP contribution in [0.15, 0.2) is 42.5 Å². The van der Waals surface area contributed by atoms with Gasteiger partial charge in [-0.25, -0.2) is 4.79 Å². The van der Waals surface area contributed by atoms with Crippen LogP contribution < -0.4 is 11.1 Å². The van der Waals surface area contributed by atoms with Crippen molar-refractivity contribution < 1.29 is 14.7 Å². The van der Waals surface area contributed by atoms with Gasteiger partial charge in [-0.1, -0.05) is 29.8 Å². The second kappa shape index (κ2) is 6.09. The number of benzene rings is 2. The van der Waals surface area contributed by atoms with Crippen LogP contribution in [0.3, 0.4) is 0 Å². The lowest BCUT2D eigenvalue weighted by atomic mass is 10.1. The number of amides is 1. The normalized spacial score (nSPS) is 10.1. The molecule has 2 aromatic carbocycles. The molecule has 2 rings (SSSR count). The van der Waals surface area contributed by atoms with Gasteiger partial charge in [0, 0.05) is 0 Å². The highest BCUT2D eigenvalue weighted by molar-refractivity contribution is 5.97. The first-order valence-corrected chi connectivity index (χ1v) is 6.44. The van der Waals surface area contributed by atoms with Gasteiger partial charge in [-0.05, 0) is 30.7 Å². The van der Waals surface area contributed by atoms with Gasteiger partial charge < -0.3 is 16.2 Å². The monoisotopic (exact) mass is 284 g/mol. The number of aromatic carboxylic acids is 1. The Balaban J connectivity index is 2.06. The number of nitrogens with one attached hydrogen (secondary N) is 1. The molecule has 0 radical (unpaired) electrons. The van der Waals surface area contributed by atoms with Crippen LogP contribution in [0.25, 0.3) is 0 Å². The minimum atomic E-state index is -1.06. The summed E-state index contributed by atoms with van der Waals surface area (Å²) in [5.74, 6) is -1.26. The highest BCUT2D eigenvalue weighted by Crippen LogP contribution is 2.20. The van der Waals surface area contributed by atoms with Crippen molar-refractivity contribution in [2.24, 2.45) is 0 Å². The molecule has 0 saturated carbocycles. The van der Waals surface area contributed by atoms with E-state index < -0.39 is 5.97 Å². The summed E-state index contributed by atoms with van der Waals surface area (Å²) in [4.78, 5) is 22.8. The zero-order valence-electron chi connectivity index (χ0n) is 11.6. The summed E-state index contributed by atoms with van der Waals surface area (Å²) in [6.45, 7) is 1.98. The molecule has 5 heteroatoms. The molecule has 0 unspecified atom stereocenters. The molecule has 21 heavy (non-hydrogen) atoms. The van der Waals surface area contributed by atoms with Gasteiger partial charge in [0.05, 0.1) is 23.4 Å². The van der Waals surface area contributed by atoms with Crippen molar-refractivity contribution in [1.29, 1.82) is 0 Å². The molecule has 0 heterocycles. The number of carboxylic acid groups (broad SMARTS) is 1. The van der Waals surface area contributed by atoms with Gasteiger partial charge in [-0.15, -0.1) is 0 Å². The molecule has 0 aromatic heterocycles. The number of anilines is 2. The maximum absolute atomic E-state index is 12.0. The van der Waals surface area contributed by atoms with Crippen molar-refractivity contribution in [3.05, 3.63) is 59.2 Å². The third-order valence-corrected chi connectivity index (χ3v) is 3.06. The fourth-order valence-electron chi connectivity index (χ4n) is 1.90. The molecule has 0 aliphatic heterocycles. The Morgan fingerprint density at radius 3 is 2.38 bits per heavy atom. The standard InChI is InChI=1S/C16H16N2O3/c1-10-2-4-11(5-3-10)8-15(19)18-14-7-6-12(16(20)21)9-13(14)17/h2-7,9H,8,17H2,1H3,(H,18,19)(H,20,21). The highest BCUT2D eigenvalue weighted by atomic mass is 16.4. The second-order valence-electron chi connectivity index (χ2n) is 4.82. The zero-order chi connectivity index (χ0) is 15.4. The highest BCUT2D eigenvalue weighted by Gasteiger charge is 2.09. The van der Waals surface area contributed by atoms with Crippen LogP contribution in [-0.4, -0.2) is 17.0 Å². The van der Waals surface area contributed by atoms with Crippen molar-refractivity contribution in [3.8, 4) is 0 Å². The Bertz CT molecular complexity index is 678. The Kier molecular flexibility index (Phi) is 4.23. The number of aryl methyl sites for hydroxylation is 1. The molecule has 0 fully saturated rings. The second-order valence-corrected chi connectivity index (χ2v) is 4.82. The number of nitrogens with two attached hydrogens (primary N) is 1. The maximum atomic E-state index is 12.0. The molecule has 2 aromatic rings. The first-order chi connectivity index (χ1) is 9.95. The molecule has 0 aliphatic rings. The van der Waals surface area contributed by atoms with Gasteiger partial charge in [0.1, 0.15) is 0 Å². The smallest absolute Gasteiger partial charge is 0.335 e. The molecule has 0 spiro atoms. The fraction of sp³-hybridized carbons (Fsp3) is 0.125. The average molecular weight is 284 g/mol. The van der Waals surface area contributed by atoms with E-state index in [-0.39, 0.29) is 23.6 Å². The van der Waals surface area contributed by atoms with Crippen LogP contribution in [0.5, 0.6) is 0 Å². The van der Waals surface area contributed by atoms with E-state index in [1.165, 1.54) is 18.2 Å². The topological polar surface area (TPSA) is 92.4 Å². The summed E-state index contributed by atoms with van der Waals surface area (Å²) in [7, 11) is 0. The summed E-state index contributed by atoms with van der Waals surface area (Å²) >= 11 is 0. The van der Waals surface area contributed by atoms with Crippen LogP contribution >= 0.6 is 0 Å². The number of carboxylic acids is 1. The number of nitrogen functional groups attached to an aromatic ring is 1. The number of carbonyl (C=O) groups excluding carboxylic acids is 1. The number of hydrogen-bond acceptors (Lipinski definition) is 3. The molecule has 1 amide bonds. The van der Waals surface area contributed by atoms with Crippen molar-refractivity contribution in [2.75, 3.05) is 11.1 Å². The molecule has 0 atom stereocenters. The third kappa shape index (κ3) is 3.82. The number of carbonyl (C=O) groups is 2. The summed E-state index contributed by atoms with van der Waals surface area (Å²) in [5, 5.41) is 11.5. The summed E-state index contributed by atoms with van der Waals surface area (Å²) < 4.78 is 0. The van der Waals surface area contributed by atoms with Gasteiger partial charge in [-0.3, -0.25) is 4.79 Å². The SMILES string of the molecule is Cc1ccc(CC(=O)Nc2ccc(C(=O)O)cc2N)cc1. The van der Waals surface area contributed by atoms with E-state index in [0.717, 1.165) is 11.1 Å². The largest absolute Gasteiger partial charge is 0.478 e. The van der Waals surface area contributed by atoms with Gasteiger partial charge in [0.2, 0.25) is 5.91 Å². The van der Waals surface area contributed by atoms with Gasteiger partial charge >= 0.3 is 5.97 Å². The van der Waals surface area contributed by atoms with Crippen LogP contribution in [-0.2, 0) is 11.2 Å². The Labute approximate surface area is 122 Å². The average Bonchev–Trinajstić information content (AvgIpc) is 2.43. The molecule has 108 valence electrons.